The van der Waals surface area contributed by atoms with Crippen LogP contribution in [0.3, 0.4) is 0 Å². The first kappa shape index (κ1) is 14.0. The summed E-state index contributed by atoms with van der Waals surface area (Å²) in [6, 6.07) is 13.8. The number of benzene rings is 1. The van der Waals surface area contributed by atoms with Crippen molar-refractivity contribution in [3.05, 3.63) is 76.8 Å². The fraction of sp³-hybridized carbons (Fsp3) is 0.125. The predicted octanol–water partition coefficient (Wildman–Crippen LogP) is 3.27. The number of rotatable bonds is 4. The van der Waals surface area contributed by atoms with Crippen LogP contribution in [0.2, 0.25) is 0 Å². The molecule has 21 heavy (non-hydrogen) atoms. The monoisotopic (exact) mass is 342 g/mol. The van der Waals surface area contributed by atoms with Crippen molar-refractivity contribution in [3.63, 3.8) is 0 Å². The second-order valence-electron chi connectivity index (χ2n) is 4.83. The van der Waals surface area contributed by atoms with Gasteiger partial charge in [0.05, 0.1) is 11.9 Å². The molecule has 0 saturated heterocycles. The van der Waals surface area contributed by atoms with E-state index in [0.29, 0.717) is 6.42 Å². The van der Waals surface area contributed by atoms with Gasteiger partial charge in [0.1, 0.15) is 0 Å². The van der Waals surface area contributed by atoms with E-state index < -0.39 is 0 Å². The normalized spacial score (nSPS) is 12.3. The molecule has 3 aromatic rings. The number of aromatic nitrogens is 3. The summed E-state index contributed by atoms with van der Waals surface area (Å²) in [5.41, 5.74) is 9.25. The minimum absolute atomic E-state index is 0.115. The van der Waals surface area contributed by atoms with Crippen molar-refractivity contribution in [1.82, 2.24) is 14.8 Å². The maximum Gasteiger partial charge on any atom is 0.0645 e. The lowest BCUT2D eigenvalue weighted by Gasteiger charge is -2.08. The van der Waals surface area contributed by atoms with Gasteiger partial charge in [0.2, 0.25) is 0 Å². The summed E-state index contributed by atoms with van der Waals surface area (Å²) in [5, 5.41) is 4.37. The van der Waals surface area contributed by atoms with Crippen molar-refractivity contribution in [1.29, 1.82) is 0 Å². The lowest BCUT2D eigenvalue weighted by atomic mass is 10.1. The third kappa shape index (κ3) is 3.37. The van der Waals surface area contributed by atoms with E-state index in [2.05, 4.69) is 26.0 Å². The van der Waals surface area contributed by atoms with Gasteiger partial charge in [-0.15, -0.1) is 0 Å². The fourth-order valence-corrected chi connectivity index (χ4v) is 2.36. The number of pyridine rings is 1. The maximum absolute atomic E-state index is 6.25. The molecule has 0 saturated carbocycles. The Kier molecular flexibility index (Phi) is 4.13. The van der Waals surface area contributed by atoms with Gasteiger partial charge in [0.25, 0.3) is 0 Å². The fourth-order valence-electron chi connectivity index (χ4n) is 2.12. The molecule has 2 N–H and O–H groups in total. The molecule has 0 bridgehead atoms. The lowest BCUT2D eigenvalue weighted by Crippen LogP contribution is -2.13. The van der Waals surface area contributed by atoms with Gasteiger partial charge in [-0.05, 0) is 40.2 Å². The van der Waals surface area contributed by atoms with Gasteiger partial charge in [-0.2, -0.15) is 5.10 Å². The van der Waals surface area contributed by atoms with Gasteiger partial charge in [-0.3, -0.25) is 4.98 Å². The third-order valence-electron chi connectivity index (χ3n) is 3.27. The van der Waals surface area contributed by atoms with Crippen molar-refractivity contribution in [3.8, 4) is 5.69 Å². The molecule has 2 aromatic heterocycles. The summed E-state index contributed by atoms with van der Waals surface area (Å²) in [6.07, 6.45) is 6.26. The Morgan fingerprint density at radius 3 is 2.62 bits per heavy atom. The van der Waals surface area contributed by atoms with Gasteiger partial charge >= 0.3 is 0 Å². The van der Waals surface area contributed by atoms with Crippen molar-refractivity contribution in [2.45, 2.75) is 12.5 Å². The van der Waals surface area contributed by atoms with Gasteiger partial charge in [-0.1, -0.05) is 18.2 Å². The van der Waals surface area contributed by atoms with Crippen LogP contribution < -0.4 is 5.73 Å². The van der Waals surface area contributed by atoms with E-state index in [0.717, 1.165) is 21.4 Å². The molecule has 1 aromatic carbocycles. The number of hydrogen-bond donors (Lipinski definition) is 1. The van der Waals surface area contributed by atoms with Crippen LogP contribution in [-0.2, 0) is 6.42 Å². The highest BCUT2D eigenvalue weighted by Crippen LogP contribution is 2.17. The van der Waals surface area contributed by atoms with Crippen LogP contribution in [0, 0.1) is 0 Å². The summed E-state index contributed by atoms with van der Waals surface area (Å²) in [7, 11) is 0. The molecule has 0 fully saturated rings. The average molecular weight is 343 g/mol. The van der Waals surface area contributed by atoms with Gasteiger partial charge < -0.3 is 5.73 Å². The summed E-state index contributed by atoms with van der Waals surface area (Å²) in [6.45, 7) is 0. The Balaban J connectivity index is 1.75. The first-order chi connectivity index (χ1) is 10.2. The third-order valence-corrected chi connectivity index (χ3v) is 3.74. The van der Waals surface area contributed by atoms with E-state index in [1.807, 2.05) is 59.5 Å². The number of nitrogens with two attached hydrogens (primary N) is 1. The number of hydrogen-bond acceptors (Lipinski definition) is 3. The second kappa shape index (κ2) is 6.20. The van der Waals surface area contributed by atoms with Gasteiger partial charge in [0, 0.05) is 40.6 Å². The largest absolute Gasteiger partial charge is 0.324 e. The number of nitrogens with zero attached hydrogens (tertiary/aromatic N) is 3. The smallest absolute Gasteiger partial charge is 0.0645 e. The molecule has 0 spiro atoms. The molecule has 0 aliphatic heterocycles. The molecule has 0 aliphatic carbocycles. The van der Waals surface area contributed by atoms with E-state index in [-0.39, 0.29) is 6.04 Å². The van der Waals surface area contributed by atoms with Crippen molar-refractivity contribution < 1.29 is 0 Å². The van der Waals surface area contributed by atoms with E-state index in [4.69, 9.17) is 5.73 Å². The van der Waals surface area contributed by atoms with Crippen molar-refractivity contribution >= 4 is 15.9 Å². The molecule has 106 valence electrons. The Hall–Kier alpha value is -1.98. The van der Waals surface area contributed by atoms with E-state index in [1.165, 1.54) is 0 Å². The Labute approximate surface area is 131 Å². The van der Waals surface area contributed by atoms with Crippen LogP contribution in [0.1, 0.15) is 17.3 Å². The second-order valence-corrected chi connectivity index (χ2v) is 5.75. The summed E-state index contributed by atoms with van der Waals surface area (Å²) < 4.78 is 2.81. The summed E-state index contributed by atoms with van der Waals surface area (Å²) in [5.74, 6) is 0. The van der Waals surface area contributed by atoms with Crippen molar-refractivity contribution in [2.75, 3.05) is 0 Å². The quantitative estimate of drug-likeness (QED) is 0.791. The summed E-state index contributed by atoms with van der Waals surface area (Å²) >= 11 is 3.38. The first-order valence-electron chi connectivity index (χ1n) is 6.68. The van der Waals surface area contributed by atoms with Crippen LogP contribution >= 0.6 is 15.9 Å². The van der Waals surface area contributed by atoms with E-state index >= 15 is 0 Å². The van der Waals surface area contributed by atoms with Crippen molar-refractivity contribution in [2.24, 2.45) is 5.73 Å². The highest BCUT2D eigenvalue weighted by molar-refractivity contribution is 9.10. The van der Waals surface area contributed by atoms with Crippen LogP contribution in [0.4, 0.5) is 0 Å². The van der Waals surface area contributed by atoms with Gasteiger partial charge in [0.15, 0.2) is 0 Å². The number of para-hydroxylation sites is 1. The Bertz CT molecular complexity index is 707. The molecule has 1 atom stereocenters. The standard InChI is InChI=1S/C16H15BrN4/c17-13-6-7-14(19-10-13)8-16(18)12-9-20-21(11-12)15-4-2-1-3-5-15/h1-7,9-11,16H,8,18H2. The minimum atomic E-state index is -0.115. The predicted molar refractivity (Wildman–Crippen MR) is 86.1 cm³/mol. The zero-order valence-electron chi connectivity index (χ0n) is 11.4. The maximum atomic E-state index is 6.25. The summed E-state index contributed by atoms with van der Waals surface area (Å²) in [4.78, 5) is 4.35. The molecule has 1 unspecified atom stereocenters. The van der Waals surface area contributed by atoms with Crippen LogP contribution in [0.5, 0.6) is 0 Å². The molecule has 0 radical (unpaired) electrons. The van der Waals surface area contributed by atoms with E-state index in [9.17, 15) is 0 Å². The molecule has 5 heteroatoms. The van der Waals surface area contributed by atoms with Crippen LogP contribution in [0.25, 0.3) is 5.69 Å². The molecular formula is C16H15BrN4. The molecule has 0 aliphatic rings. The Morgan fingerprint density at radius 1 is 1.10 bits per heavy atom. The molecule has 4 nitrogen and oxygen atoms in total. The zero-order chi connectivity index (χ0) is 14.7. The lowest BCUT2D eigenvalue weighted by molar-refractivity contribution is 0.706. The van der Waals surface area contributed by atoms with E-state index in [1.54, 1.807) is 6.20 Å². The molecule has 3 rings (SSSR count). The highest BCUT2D eigenvalue weighted by Gasteiger charge is 2.11. The Morgan fingerprint density at radius 2 is 1.90 bits per heavy atom. The van der Waals surface area contributed by atoms with Gasteiger partial charge in [-0.25, -0.2) is 4.68 Å². The average Bonchev–Trinajstić information content (AvgIpc) is 3.00. The minimum Gasteiger partial charge on any atom is -0.324 e. The number of halogens is 1. The van der Waals surface area contributed by atoms with Crippen LogP contribution in [0.15, 0.2) is 65.5 Å². The molecule has 2 heterocycles. The molecule has 0 amide bonds. The molecular weight excluding hydrogens is 328 g/mol. The SMILES string of the molecule is NC(Cc1ccc(Br)cn1)c1cnn(-c2ccccc2)c1. The first-order valence-corrected chi connectivity index (χ1v) is 7.47. The topological polar surface area (TPSA) is 56.7 Å². The van der Waals surface area contributed by atoms with Crippen LogP contribution in [-0.4, -0.2) is 14.8 Å². The zero-order valence-corrected chi connectivity index (χ0v) is 12.9. The highest BCUT2D eigenvalue weighted by atomic mass is 79.9.